The molecular formula is C26H27N3O5S. The lowest BCUT2D eigenvalue weighted by atomic mass is 10.1. The summed E-state index contributed by atoms with van der Waals surface area (Å²) in [5.41, 5.74) is 0.583. The highest BCUT2D eigenvalue weighted by molar-refractivity contribution is 7.92. The van der Waals surface area contributed by atoms with Crippen molar-refractivity contribution in [1.29, 1.82) is 0 Å². The molecule has 1 saturated heterocycles. The molecular weight excluding hydrogens is 466 g/mol. The Morgan fingerprint density at radius 3 is 2.06 bits per heavy atom. The quantitative estimate of drug-likeness (QED) is 0.484. The zero-order valence-corrected chi connectivity index (χ0v) is 20.0. The molecule has 1 aliphatic rings. The molecule has 3 aromatic rings. The van der Waals surface area contributed by atoms with Gasteiger partial charge in [-0.3, -0.25) is 9.59 Å². The Morgan fingerprint density at radius 2 is 1.43 bits per heavy atom. The molecule has 1 fully saturated rings. The zero-order chi connectivity index (χ0) is 24.7. The third-order valence-corrected chi connectivity index (χ3v) is 7.23. The summed E-state index contributed by atoms with van der Waals surface area (Å²) in [6.07, 6.45) is 3.07. The Hall–Kier alpha value is -3.85. The molecule has 3 aromatic carbocycles. The van der Waals surface area contributed by atoms with Crippen molar-refractivity contribution in [3.05, 3.63) is 90.5 Å². The van der Waals surface area contributed by atoms with Gasteiger partial charge in [-0.25, -0.2) is 0 Å². The molecule has 0 aromatic heterocycles. The van der Waals surface area contributed by atoms with Crippen LogP contribution in [0.2, 0.25) is 0 Å². The number of nitrogens with zero attached hydrogens (tertiary/aromatic N) is 2. The van der Waals surface area contributed by atoms with Gasteiger partial charge in [-0.05, 0) is 67.8 Å². The van der Waals surface area contributed by atoms with Gasteiger partial charge in [0.2, 0.25) is 5.91 Å². The van der Waals surface area contributed by atoms with Gasteiger partial charge in [-0.15, -0.1) is 0 Å². The summed E-state index contributed by atoms with van der Waals surface area (Å²) in [5.74, 6) is -0.206. The lowest BCUT2D eigenvalue weighted by Gasteiger charge is -2.26. The molecule has 9 heteroatoms. The third-order valence-electron chi connectivity index (χ3n) is 5.64. The molecule has 0 atom stereocenters. The van der Waals surface area contributed by atoms with Crippen LogP contribution in [0.25, 0.3) is 0 Å². The number of piperidine rings is 1. The number of likely N-dealkylation sites (tertiary alicyclic amines) is 1. The number of anilines is 1. The molecule has 0 saturated carbocycles. The van der Waals surface area contributed by atoms with Gasteiger partial charge in [0.1, 0.15) is 0 Å². The number of hydrogen-bond donors (Lipinski definition) is 1. The predicted molar refractivity (Wildman–Crippen MR) is 132 cm³/mol. The first kappa shape index (κ1) is 24.3. The summed E-state index contributed by atoms with van der Waals surface area (Å²) in [7, 11) is -4.12. The summed E-state index contributed by atoms with van der Waals surface area (Å²) in [5, 5.41) is 2.62. The van der Waals surface area contributed by atoms with E-state index in [0.717, 1.165) is 23.7 Å². The number of carbonyl (C=O) groups is 2. The van der Waals surface area contributed by atoms with Crippen molar-refractivity contribution in [3.8, 4) is 5.75 Å². The molecule has 0 unspecified atom stereocenters. The standard InChI is InChI=1S/C26H27N3O5S/c30-25(28-18-8-3-9-19-28)20-27-26(31)21-14-16-24(17-15-21)35(32,33)29(22-10-4-1-5-11-22)34-23-12-6-2-7-13-23/h1-2,4-7,10-17H,3,8-9,18-20H2,(H,27,31). The average Bonchev–Trinajstić information content (AvgIpc) is 2.91. The fourth-order valence-electron chi connectivity index (χ4n) is 3.75. The van der Waals surface area contributed by atoms with E-state index >= 15 is 0 Å². The first-order valence-corrected chi connectivity index (χ1v) is 12.9. The van der Waals surface area contributed by atoms with Gasteiger partial charge in [0, 0.05) is 18.7 Å². The highest BCUT2D eigenvalue weighted by atomic mass is 32.2. The minimum atomic E-state index is -4.12. The van der Waals surface area contributed by atoms with Gasteiger partial charge in [0.05, 0.1) is 17.1 Å². The predicted octanol–water partition coefficient (Wildman–Crippen LogP) is 3.62. The van der Waals surface area contributed by atoms with Gasteiger partial charge in [0.15, 0.2) is 5.75 Å². The molecule has 1 N–H and O–H groups in total. The Labute approximate surface area is 205 Å². The van der Waals surface area contributed by atoms with E-state index in [4.69, 9.17) is 4.84 Å². The van der Waals surface area contributed by atoms with Gasteiger partial charge in [0.25, 0.3) is 15.9 Å². The van der Waals surface area contributed by atoms with E-state index in [0.29, 0.717) is 24.5 Å². The van der Waals surface area contributed by atoms with Crippen molar-refractivity contribution >= 4 is 27.5 Å². The van der Waals surface area contributed by atoms with Crippen molar-refractivity contribution < 1.29 is 22.8 Å². The molecule has 0 radical (unpaired) electrons. The van der Waals surface area contributed by atoms with Crippen LogP contribution in [-0.2, 0) is 14.8 Å². The largest absolute Gasteiger partial charge is 0.364 e. The Balaban J connectivity index is 1.48. The van der Waals surface area contributed by atoms with Crippen LogP contribution in [0.15, 0.2) is 89.8 Å². The van der Waals surface area contributed by atoms with Gasteiger partial charge >= 0.3 is 0 Å². The second-order valence-electron chi connectivity index (χ2n) is 8.12. The van der Waals surface area contributed by atoms with Crippen LogP contribution in [0.5, 0.6) is 5.75 Å². The number of carbonyl (C=O) groups excluding carboxylic acids is 2. The molecule has 182 valence electrons. The normalized spacial score (nSPS) is 13.7. The van der Waals surface area contributed by atoms with Gasteiger partial charge < -0.3 is 15.1 Å². The fraction of sp³-hybridized carbons (Fsp3) is 0.231. The van der Waals surface area contributed by atoms with Crippen molar-refractivity contribution in [2.45, 2.75) is 24.2 Å². The topological polar surface area (TPSA) is 96.0 Å². The lowest BCUT2D eigenvalue weighted by Crippen LogP contribution is -2.42. The first-order chi connectivity index (χ1) is 16.9. The van der Waals surface area contributed by atoms with Crippen molar-refractivity contribution in [2.75, 3.05) is 24.1 Å². The Morgan fingerprint density at radius 1 is 0.829 bits per heavy atom. The number of hydrogen-bond acceptors (Lipinski definition) is 5. The van der Waals surface area contributed by atoms with Crippen LogP contribution >= 0.6 is 0 Å². The number of amides is 2. The summed E-state index contributed by atoms with van der Waals surface area (Å²) in [6.45, 7) is 1.33. The van der Waals surface area contributed by atoms with Crippen LogP contribution in [0.1, 0.15) is 29.6 Å². The molecule has 1 aliphatic heterocycles. The number of para-hydroxylation sites is 2. The minimum Gasteiger partial charge on any atom is -0.364 e. The highest BCUT2D eigenvalue weighted by Gasteiger charge is 2.28. The Kier molecular flexibility index (Phi) is 7.67. The highest BCUT2D eigenvalue weighted by Crippen LogP contribution is 2.26. The maximum Gasteiger partial charge on any atom is 0.295 e. The van der Waals surface area contributed by atoms with Gasteiger partial charge in [-0.1, -0.05) is 40.9 Å². The van der Waals surface area contributed by atoms with Crippen LogP contribution in [0.4, 0.5) is 5.69 Å². The van der Waals surface area contributed by atoms with Crippen molar-refractivity contribution in [1.82, 2.24) is 10.2 Å². The molecule has 0 bridgehead atoms. The molecule has 1 heterocycles. The summed E-state index contributed by atoms with van der Waals surface area (Å²) >= 11 is 0. The summed E-state index contributed by atoms with van der Waals surface area (Å²) < 4.78 is 27.8. The van der Waals surface area contributed by atoms with Crippen molar-refractivity contribution in [3.63, 3.8) is 0 Å². The van der Waals surface area contributed by atoms with Crippen LogP contribution in [-0.4, -0.2) is 44.8 Å². The number of sulfonamides is 1. The minimum absolute atomic E-state index is 0.0433. The molecule has 0 aliphatic carbocycles. The van der Waals surface area contributed by atoms with E-state index in [1.165, 1.54) is 24.3 Å². The first-order valence-electron chi connectivity index (χ1n) is 11.4. The molecule has 35 heavy (non-hydrogen) atoms. The van der Waals surface area contributed by atoms with Crippen LogP contribution in [0, 0.1) is 0 Å². The second kappa shape index (κ2) is 11.1. The molecule has 0 spiro atoms. The van der Waals surface area contributed by atoms with E-state index in [1.807, 2.05) is 0 Å². The number of nitrogens with one attached hydrogen (secondary N) is 1. The second-order valence-corrected chi connectivity index (χ2v) is 9.87. The van der Waals surface area contributed by atoms with E-state index in [1.54, 1.807) is 65.6 Å². The summed E-state index contributed by atoms with van der Waals surface area (Å²) in [6, 6.07) is 22.6. The number of benzene rings is 3. The molecule has 2 amide bonds. The lowest BCUT2D eigenvalue weighted by molar-refractivity contribution is -0.130. The Bertz CT molecular complexity index is 1240. The summed E-state index contributed by atoms with van der Waals surface area (Å²) in [4.78, 5) is 32.3. The van der Waals surface area contributed by atoms with E-state index in [2.05, 4.69) is 5.32 Å². The number of rotatable bonds is 8. The van der Waals surface area contributed by atoms with Crippen molar-refractivity contribution in [2.24, 2.45) is 0 Å². The third kappa shape index (κ3) is 5.99. The average molecular weight is 494 g/mol. The van der Waals surface area contributed by atoms with E-state index in [9.17, 15) is 18.0 Å². The maximum atomic E-state index is 13.5. The maximum absolute atomic E-state index is 13.5. The van der Waals surface area contributed by atoms with Crippen LogP contribution in [0.3, 0.4) is 0 Å². The van der Waals surface area contributed by atoms with E-state index < -0.39 is 15.9 Å². The van der Waals surface area contributed by atoms with E-state index in [-0.39, 0.29) is 22.9 Å². The monoisotopic (exact) mass is 493 g/mol. The van der Waals surface area contributed by atoms with Crippen LogP contribution < -0.4 is 14.6 Å². The van der Waals surface area contributed by atoms with Gasteiger partial charge in [-0.2, -0.15) is 8.42 Å². The molecule has 8 nitrogen and oxygen atoms in total. The smallest absolute Gasteiger partial charge is 0.295 e. The zero-order valence-electron chi connectivity index (χ0n) is 19.2. The SMILES string of the molecule is O=C(NCC(=O)N1CCCCC1)c1ccc(S(=O)(=O)N(Oc2ccccc2)c2ccccc2)cc1. The molecule has 4 rings (SSSR count). The fourth-order valence-corrected chi connectivity index (χ4v) is 5.01.